The van der Waals surface area contributed by atoms with E-state index in [0.29, 0.717) is 6.54 Å². The summed E-state index contributed by atoms with van der Waals surface area (Å²) in [5.74, 6) is 0.801. The van der Waals surface area contributed by atoms with E-state index in [-0.39, 0.29) is 0 Å². The fourth-order valence-corrected chi connectivity index (χ4v) is 2.07. The molecular formula is C16H16N4. The maximum atomic E-state index is 5.73. The first kappa shape index (κ1) is 12.4. The first-order chi connectivity index (χ1) is 9.86. The minimum Gasteiger partial charge on any atom is -0.338 e. The highest BCUT2D eigenvalue weighted by Crippen LogP contribution is 2.19. The zero-order valence-corrected chi connectivity index (χ0v) is 11.0. The summed E-state index contributed by atoms with van der Waals surface area (Å²) < 4.78 is 1.84. The van der Waals surface area contributed by atoms with Gasteiger partial charge in [0.1, 0.15) is 0 Å². The van der Waals surface area contributed by atoms with Crippen molar-refractivity contribution >= 4 is 11.5 Å². The van der Waals surface area contributed by atoms with Crippen molar-refractivity contribution in [3.05, 3.63) is 72.4 Å². The molecule has 100 valence electrons. The van der Waals surface area contributed by atoms with E-state index in [9.17, 15) is 0 Å². The van der Waals surface area contributed by atoms with Crippen LogP contribution in [0, 0.1) is 0 Å². The van der Waals surface area contributed by atoms with E-state index in [0.717, 1.165) is 22.8 Å². The largest absolute Gasteiger partial charge is 0.338 e. The van der Waals surface area contributed by atoms with Crippen molar-refractivity contribution in [3.8, 4) is 5.69 Å². The van der Waals surface area contributed by atoms with Crippen molar-refractivity contribution in [2.75, 3.05) is 5.32 Å². The van der Waals surface area contributed by atoms with Gasteiger partial charge < -0.3 is 11.1 Å². The molecule has 0 saturated carbocycles. The fraction of sp³-hybridized carbons (Fsp3) is 0.0625. The summed E-state index contributed by atoms with van der Waals surface area (Å²) in [7, 11) is 0. The van der Waals surface area contributed by atoms with E-state index < -0.39 is 0 Å². The molecule has 0 bridgehead atoms. The first-order valence-corrected chi connectivity index (χ1v) is 6.53. The molecule has 0 aliphatic carbocycles. The van der Waals surface area contributed by atoms with E-state index in [1.54, 1.807) is 0 Å². The van der Waals surface area contributed by atoms with Crippen LogP contribution >= 0.6 is 0 Å². The van der Waals surface area contributed by atoms with Gasteiger partial charge in [-0.2, -0.15) is 5.10 Å². The van der Waals surface area contributed by atoms with Gasteiger partial charge >= 0.3 is 0 Å². The van der Waals surface area contributed by atoms with Crippen molar-refractivity contribution in [2.45, 2.75) is 6.54 Å². The lowest BCUT2D eigenvalue weighted by atomic mass is 10.2. The predicted octanol–water partition coefficient (Wildman–Crippen LogP) is 3.07. The van der Waals surface area contributed by atoms with Crippen LogP contribution in [0.25, 0.3) is 5.69 Å². The summed E-state index contributed by atoms with van der Waals surface area (Å²) >= 11 is 0. The molecule has 0 spiro atoms. The van der Waals surface area contributed by atoms with E-state index in [1.165, 1.54) is 0 Å². The molecule has 2 aromatic carbocycles. The maximum Gasteiger partial charge on any atom is 0.152 e. The molecule has 1 aromatic heterocycles. The summed E-state index contributed by atoms with van der Waals surface area (Å²) in [6.45, 7) is 0.503. The highest BCUT2D eigenvalue weighted by Gasteiger charge is 2.04. The van der Waals surface area contributed by atoms with Gasteiger partial charge in [-0.3, -0.25) is 0 Å². The lowest BCUT2D eigenvalue weighted by Gasteiger charge is -2.08. The third-order valence-corrected chi connectivity index (χ3v) is 3.11. The third kappa shape index (κ3) is 2.55. The van der Waals surface area contributed by atoms with Crippen molar-refractivity contribution in [1.29, 1.82) is 0 Å². The molecule has 3 N–H and O–H groups in total. The van der Waals surface area contributed by atoms with Crippen LogP contribution in [0.1, 0.15) is 5.56 Å². The van der Waals surface area contributed by atoms with Crippen LogP contribution in [-0.4, -0.2) is 9.78 Å². The second-order valence-corrected chi connectivity index (χ2v) is 4.47. The quantitative estimate of drug-likeness (QED) is 0.761. The van der Waals surface area contributed by atoms with Crippen LogP contribution in [0.5, 0.6) is 0 Å². The lowest BCUT2D eigenvalue weighted by molar-refractivity contribution is 0.884. The summed E-state index contributed by atoms with van der Waals surface area (Å²) in [4.78, 5) is 0. The Hall–Kier alpha value is -2.59. The monoisotopic (exact) mass is 264 g/mol. The second kappa shape index (κ2) is 5.59. The SMILES string of the molecule is NCc1ccccc1Nc1ccn(-c2ccccc2)n1. The number of aromatic nitrogens is 2. The predicted molar refractivity (Wildman–Crippen MR) is 81.2 cm³/mol. The Morgan fingerprint density at radius 3 is 2.50 bits per heavy atom. The molecule has 3 rings (SSSR count). The Balaban J connectivity index is 1.84. The normalized spacial score (nSPS) is 10.4. The van der Waals surface area contributed by atoms with Gasteiger partial charge in [-0.1, -0.05) is 36.4 Å². The Labute approximate surface area is 117 Å². The average molecular weight is 264 g/mol. The summed E-state index contributed by atoms with van der Waals surface area (Å²) in [6, 6.07) is 19.9. The van der Waals surface area contributed by atoms with Crippen molar-refractivity contribution in [3.63, 3.8) is 0 Å². The van der Waals surface area contributed by atoms with Gasteiger partial charge in [0.25, 0.3) is 0 Å². The first-order valence-electron chi connectivity index (χ1n) is 6.53. The van der Waals surface area contributed by atoms with Crippen LogP contribution in [0.4, 0.5) is 11.5 Å². The van der Waals surface area contributed by atoms with Crippen LogP contribution in [0.2, 0.25) is 0 Å². The van der Waals surface area contributed by atoms with Gasteiger partial charge in [0.15, 0.2) is 5.82 Å². The molecule has 20 heavy (non-hydrogen) atoms. The van der Waals surface area contributed by atoms with Gasteiger partial charge in [-0.25, -0.2) is 4.68 Å². The number of anilines is 2. The molecule has 0 unspecified atom stereocenters. The minimum atomic E-state index is 0.503. The van der Waals surface area contributed by atoms with Crippen LogP contribution in [-0.2, 0) is 6.54 Å². The smallest absolute Gasteiger partial charge is 0.152 e. The topological polar surface area (TPSA) is 55.9 Å². The number of hydrogen-bond acceptors (Lipinski definition) is 3. The van der Waals surface area contributed by atoms with E-state index in [2.05, 4.69) is 10.4 Å². The minimum absolute atomic E-state index is 0.503. The van der Waals surface area contributed by atoms with Crippen LogP contribution < -0.4 is 11.1 Å². The summed E-state index contributed by atoms with van der Waals surface area (Å²) in [6.07, 6.45) is 1.93. The van der Waals surface area contributed by atoms with Crippen LogP contribution in [0.15, 0.2) is 66.9 Å². The number of nitrogens with one attached hydrogen (secondary N) is 1. The third-order valence-electron chi connectivity index (χ3n) is 3.11. The second-order valence-electron chi connectivity index (χ2n) is 4.47. The maximum absolute atomic E-state index is 5.73. The zero-order chi connectivity index (χ0) is 13.8. The number of nitrogens with zero attached hydrogens (tertiary/aromatic N) is 2. The van der Waals surface area contributed by atoms with Gasteiger partial charge in [-0.05, 0) is 23.8 Å². The Morgan fingerprint density at radius 2 is 1.70 bits per heavy atom. The van der Waals surface area contributed by atoms with E-state index in [1.807, 2.05) is 71.5 Å². The molecule has 0 aliphatic rings. The number of nitrogens with two attached hydrogens (primary N) is 1. The molecule has 3 aromatic rings. The highest BCUT2D eigenvalue weighted by molar-refractivity contribution is 5.60. The van der Waals surface area contributed by atoms with Gasteiger partial charge in [0.05, 0.1) is 5.69 Å². The number of para-hydroxylation sites is 2. The Kier molecular flexibility index (Phi) is 3.48. The standard InChI is InChI=1S/C16H16N4/c17-12-13-6-4-5-9-15(13)18-16-10-11-20(19-16)14-7-2-1-3-8-14/h1-11H,12,17H2,(H,18,19). The van der Waals surface area contributed by atoms with Gasteiger partial charge in [0, 0.05) is 24.5 Å². The van der Waals surface area contributed by atoms with Crippen molar-refractivity contribution in [1.82, 2.24) is 9.78 Å². The average Bonchev–Trinajstić information content (AvgIpc) is 2.97. The highest BCUT2D eigenvalue weighted by atomic mass is 15.3. The molecule has 1 heterocycles. The molecular weight excluding hydrogens is 248 g/mol. The molecule has 0 amide bonds. The number of benzene rings is 2. The Morgan fingerprint density at radius 1 is 0.950 bits per heavy atom. The number of hydrogen-bond donors (Lipinski definition) is 2. The van der Waals surface area contributed by atoms with Crippen molar-refractivity contribution in [2.24, 2.45) is 5.73 Å². The molecule has 0 atom stereocenters. The summed E-state index contributed by atoms with van der Waals surface area (Å²) in [5.41, 5.74) is 8.83. The zero-order valence-electron chi connectivity index (χ0n) is 11.0. The number of rotatable bonds is 4. The van der Waals surface area contributed by atoms with Gasteiger partial charge in [-0.15, -0.1) is 0 Å². The lowest BCUT2D eigenvalue weighted by Crippen LogP contribution is -2.02. The molecule has 4 nitrogen and oxygen atoms in total. The molecule has 0 aliphatic heterocycles. The summed E-state index contributed by atoms with van der Waals surface area (Å²) in [5, 5.41) is 7.82. The fourth-order valence-electron chi connectivity index (χ4n) is 2.07. The molecule has 0 fully saturated rings. The Bertz CT molecular complexity index is 688. The van der Waals surface area contributed by atoms with Crippen molar-refractivity contribution < 1.29 is 0 Å². The molecule has 0 saturated heterocycles. The van der Waals surface area contributed by atoms with Gasteiger partial charge in [0.2, 0.25) is 0 Å². The van der Waals surface area contributed by atoms with E-state index in [4.69, 9.17) is 5.73 Å². The molecule has 4 heteroatoms. The van der Waals surface area contributed by atoms with Crippen LogP contribution in [0.3, 0.4) is 0 Å². The molecule has 0 radical (unpaired) electrons. The van der Waals surface area contributed by atoms with E-state index >= 15 is 0 Å².